The van der Waals surface area contributed by atoms with Crippen molar-refractivity contribution in [2.75, 3.05) is 20.2 Å². The summed E-state index contributed by atoms with van der Waals surface area (Å²) in [4.78, 5) is 11.7. The number of aliphatic hydroxyl groups excluding tert-OH is 4. The second kappa shape index (κ2) is 13.3. The van der Waals surface area contributed by atoms with Gasteiger partial charge in [-0.2, -0.15) is 0 Å². The lowest BCUT2D eigenvalue weighted by Crippen LogP contribution is -2.69. The van der Waals surface area contributed by atoms with E-state index in [1.54, 1.807) is 7.05 Å². The molecule has 0 bridgehead atoms. The molecule has 16 nitrogen and oxygen atoms in total. The van der Waals surface area contributed by atoms with Crippen molar-refractivity contribution in [1.82, 2.24) is 10.6 Å². The van der Waals surface area contributed by atoms with Crippen LogP contribution in [0.25, 0.3) is 0 Å². The second-order valence-electron chi connectivity index (χ2n) is 10.8. The standard InChI is InChI=1S/C23H44N6O10/c1-28-17-18(34)20-14(4-10(27)21(38-20)37-19-9(26)2-8(25)3-12(19)31)35-23(17)39-22-13(32)5-11(15(7-30)36-22)29-16(33)6-24/h8-15,17-23,28,30-32,34H,2-7,24-27H2,1H3,(H,29,33)/t8-,9?,10?,11+,12-,13?,14+,15?,17?,18?,19-,20?,21+,22-,23?/m1/s1. The van der Waals surface area contributed by atoms with E-state index >= 15 is 0 Å². The Morgan fingerprint density at radius 3 is 2.31 bits per heavy atom. The summed E-state index contributed by atoms with van der Waals surface area (Å²) in [6.45, 7) is -0.686. The number of aliphatic hydroxyl groups is 4. The fourth-order valence-electron chi connectivity index (χ4n) is 5.85. The summed E-state index contributed by atoms with van der Waals surface area (Å²) in [5.74, 6) is -0.451. The van der Waals surface area contributed by atoms with Crippen LogP contribution in [0.2, 0.25) is 0 Å². The minimum Gasteiger partial charge on any atom is -0.394 e. The molecule has 15 atom stereocenters. The van der Waals surface area contributed by atoms with Crippen molar-refractivity contribution in [2.45, 2.75) is 117 Å². The Morgan fingerprint density at radius 1 is 0.923 bits per heavy atom. The first-order chi connectivity index (χ1) is 18.6. The van der Waals surface area contributed by atoms with Gasteiger partial charge in [0.1, 0.15) is 30.5 Å². The van der Waals surface area contributed by atoms with Gasteiger partial charge in [-0.25, -0.2) is 0 Å². The zero-order valence-corrected chi connectivity index (χ0v) is 22.0. The fraction of sp³-hybridized carbons (Fsp3) is 0.957. The van der Waals surface area contributed by atoms with Crippen LogP contribution in [0.5, 0.6) is 0 Å². The van der Waals surface area contributed by atoms with Gasteiger partial charge in [0.05, 0.1) is 43.5 Å². The normalized spacial score (nSPS) is 48.8. The zero-order chi connectivity index (χ0) is 28.4. The van der Waals surface area contributed by atoms with Crippen LogP contribution in [0.4, 0.5) is 0 Å². The highest BCUT2D eigenvalue weighted by molar-refractivity contribution is 5.78. The number of ether oxygens (including phenoxy) is 5. The Labute approximate surface area is 226 Å². The highest BCUT2D eigenvalue weighted by Crippen LogP contribution is 2.35. The van der Waals surface area contributed by atoms with Crippen LogP contribution in [-0.4, -0.2) is 138 Å². The number of hydrogen-bond acceptors (Lipinski definition) is 15. The summed E-state index contributed by atoms with van der Waals surface area (Å²) in [6.07, 6.45) is -8.44. The van der Waals surface area contributed by atoms with Crippen molar-refractivity contribution in [1.29, 1.82) is 0 Å². The summed E-state index contributed by atoms with van der Waals surface area (Å²) in [5, 5.41) is 47.7. The number of carbonyl (C=O) groups excluding carboxylic acids is 1. The predicted molar refractivity (Wildman–Crippen MR) is 133 cm³/mol. The lowest BCUT2D eigenvalue weighted by atomic mass is 9.86. The van der Waals surface area contributed by atoms with Gasteiger partial charge in [0.25, 0.3) is 0 Å². The SMILES string of the molecule is CNC1C(O[C@H]2OC(CO)[C@@H](NC(=O)CN)CC2O)O[C@H]2CC(N)[C@@H](O[C@@H]3C(N)C[C@@H](N)C[C@H]3O)OC2C1O. The first kappa shape index (κ1) is 30.9. The largest absolute Gasteiger partial charge is 0.394 e. The molecule has 4 rings (SSSR count). The van der Waals surface area contributed by atoms with Crippen molar-refractivity contribution in [3.63, 3.8) is 0 Å². The van der Waals surface area contributed by atoms with Crippen molar-refractivity contribution >= 4 is 5.91 Å². The zero-order valence-electron chi connectivity index (χ0n) is 22.0. The molecule has 0 aromatic carbocycles. The fourth-order valence-corrected chi connectivity index (χ4v) is 5.85. The topological polar surface area (TPSA) is 272 Å². The Bertz CT molecular complexity index is 803. The number of likely N-dealkylation sites (N-methyl/N-ethyl adjacent to an activating group) is 1. The van der Waals surface area contributed by atoms with Gasteiger partial charge in [-0.05, 0) is 26.3 Å². The highest BCUT2D eigenvalue weighted by atomic mass is 16.8. The minimum absolute atomic E-state index is 0.0419. The molecule has 16 heteroatoms. The predicted octanol–water partition coefficient (Wildman–Crippen LogP) is -5.77. The van der Waals surface area contributed by atoms with Crippen LogP contribution in [0.15, 0.2) is 0 Å². The molecule has 4 aliphatic rings. The van der Waals surface area contributed by atoms with Crippen LogP contribution in [0.3, 0.4) is 0 Å². The van der Waals surface area contributed by atoms with Gasteiger partial charge in [0.15, 0.2) is 18.9 Å². The molecule has 1 amide bonds. The first-order valence-corrected chi connectivity index (χ1v) is 13.4. The average Bonchev–Trinajstić information content (AvgIpc) is 2.88. The van der Waals surface area contributed by atoms with Gasteiger partial charge in [-0.15, -0.1) is 0 Å². The maximum Gasteiger partial charge on any atom is 0.234 e. The maximum absolute atomic E-state index is 11.7. The molecule has 8 unspecified atom stereocenters. The van der Waals surface area contributed by atoms with Crippen LogP contribution in [-0.2, 0) is 28.5 Å². The summed E-state index contributed by atoms with van der Waals surface area (Å²) >= 11 is 0. The van der Waals surface area contributed by atoms with Crippen molar-refractivity contribution in [2.24, 2.45) is 22.9 Å². The van der Waals surface area contributed by atoms with E-state index in [2.05, 4.69) is 10.6 Å². The molecular formula is C23H44N6O10. The van der Waals surface area contributed by atoms with Crippen molar-refractivity contribution < 1.29 is 48.9 Å². The number of rotatable bonds is 8. The van der Waals surface area contributed by atoms with Gasteiger partial charge in [-0.1, -0.05) is 0 Å². The highest BCUT2D eigenvalue weighted by Gasteiger charge is 2.53. The first-order valence-electron chi connectivity index (χ1n) is 13.4. The van der Waals surface area contributed by atoms with Crippen molar-refractivity contribution in [3.05, 3.63) is 0 Å². The molecule has 0 aromatic rings. The van der Waals surface area contributed by atoms with Gasteiger partial charge in [0.2, 0.25) is 5.91 Å². The molecule has 3 saturated heterocycles. The second-order valence-corrected chi connectivity index (χ2v) is 10.8. The Balaban J connectivity index is 1.39. The molecule has 226 valence electrons. The molecule has 39 heavy (non-hydrogen) atoms. The third kappa shape index (κ3) is 6.87. The quantitative estimate of drug-likeness (QED) is 0.131. The van der Waals surface area contributed by atoms with Crippen molar-refractivity contribution in [3.8, 4) is 0 Å². The summed E-state index contributed by atoms with van der Waals surface area (Å²) in [7, 11) is 1.60. The molecule has 1 aliphatic carbocycles. The molecule has 0 radical (unpaired) electrons. The van der Waals surface area contributed by atoms with Crippen LogP contribution < -0.4 is 33.6 Å². The van der Waals surface area contributed by atoms with Crippen LogP contribution >= 0.6 is 0 Å². The number of nitrogens with one attached hydrogen (secondary N) is 2. The van der Waals surface area contributed by atoms with E-state index in [0.717, 1.165) is 0 Å². The van der Waals surface area contributed by atoms with E-state index in [-0.39, 0.29) is 25.4 Å². The summed E-state index contributed by atoms with van der Waals surface area (Å²) < 4.78 is 29.9. The Hall–Kier alpha value is -1.09. The Kier molecular flexibility index (Phi) is 10.5. The third-order valence-electron chi connectivity index (χ3n) is 7.91. The van der Waals surface area contributed by atoms with Crippen LogP contribution in [0, 0.1) is 0 Å². The van der Waals surface area contributed by atoms with E-state index in [0.29, 0.717) is 12.8 Å². The van der Waals surface area contributed by atoms with E-state index in [1.807, 2.05) is 0 Å². The molecule has 3 aliphatic heterocycles. The van der Waals surface area contributed by atoms with Crippen LogP contribution in [0.1, 0.15) is 25.7 Å². The van der Waals surface area contributed by atoms with Gasteiger partial charge < -0.3 is 77.7 Å². The average molecular weight is 565 g/mol. The monoisotopic (exact) mass is 564 g/mol. The number of amides is 1. The lowest BCUT2D eigenvalue weighted by Gasteiger charge is -2.51. The number of fused-ring (bicyclic) bond motifs is 1. The van der Waals surface area contributed by atoms with Gasteiger partial charge in [0, 0.05) is 18.5 Å². The lowest BCUT2D eigenvalue weighted by molar-refractivity contribution is -0.367. The molecule has 0 spiro atoms. The van der Waals surface area contributed by atoms with E-state index < -0.39 is 98.3 Å². The van der Waals surface area contributed by atoms with Gasteiger partial charge in [-0.3, -0.25) is 4.79 Å². The molecular weight excluding hydrogens is 520 g/mol. The number of carbonyl (C=O) groups is 1. The summed E-state index contributed by atoms with van der Waals surface area (Å²) in [6, 6.07) is -2.86. The molecule has 4 fully saturated rings. The molecule has 14 N–H and O–H groups in total. The number of nitrogens with two attached hydrogens (primary N) is 4. The number of hydrogen-bond donors (Lipinski definition) is 10. The van der Waals surface area contributed by atoms with E-state index in [1.165, 1.54) is 0 Å². The molecule has 1 saturated carbocycles. The van der Waals surface area contributed by atoms with E-state index in [4.69, 9.17) is 46.6 Å². The minimum atomic E-state index is -1.22. The molecule has 0 aromatic heterocycles. The van der Waals surface area contributed by atoms with E-state index in [9.17, 15) is 25.2 Å². The third-order valence-corrected chi connectivity index (χ3v) is 7.91. The smallest absolute Gasteiger partial charge is 0.234 e. The van der Waals surface area contributed by atoms with Gasteiger partial charge >= 0.3 is 0 Å². The molecule has 3 heterocycles. The Morgan fingerprint density at radius 2 is 1.67 bits per heavy atom. The summed E-state index contributed by atoms with van der Waals surface area (Å²) in [5.41, 5.74) is 23.8. The maximum atomic E-state index is 11.7.